The van der Waals surface area contributed by atoms with E-state index < -0.39 is 0 Å². The molecule has 1 aliphatic heterocycles. The molecule has 5 nitrogen and oxygen atoms in total. The molecule has 0 bridgehead atoms. The molecule has 0 fully saturated rings. The van der Waals surface area contributed by atoms with Gasteiger partial charge in [-0.2, -0.15) is 4.98 Å². The fourth-order valence-corrected chi connectivity index (χ4v) is 3.24. The lowest BCUT2D eigenvalue weighted by Gasteiger charge is -2.25. The zero-order valence-corrected chi connectivity index (χ0v) is 12.9. The molecule has 0 amide bonds. The number of nitrogens with one attached hydrogen (secondary N) is 1. The first kappa shape index (κ1) is 14.0. The van der Waals surface area contributed by atoms with Crippen LogP contribution in [0.4, 0.5) is 17.5 Å². The SMILES string of the molecule is NNc1nc(N2CCCCc3ccccc32)c2ccccc2n1. The molecule has 0 spiro atoms. The van der Waals surface area contributed by atoms with Crippen molar-refractivity contribution in [3.05, 3.63) is 54.1 Å². The third kappa shape index (κ3) is 2.49. The lowest BCUT2D eigenvalue weighted by atomic mass is 10.1. The normalized spacial score (nSPS) is 14.4. The second-order valence-electron chi connectivity index (χ2n) is 5.77. The largest absolute Gasteiger partial charge is 0.325 e. The summed E-state index contributed by atoms with van der Waals surface area (Å²) < 4.78 is 0. The highest BCUT2D eigenvalue weighted by atomic mass is 15.3. The van der Waals surface area contributed by atoms with Crippen molar-refractivity contribution in [2.45, 2.75) is 19.3 Å². The summed E-state index contributed by atoms with van der Waals surface area (Å²) in [6.45, 7) is 0.946. The average Bonchev–Trinajstić information content (AvgIpc) is 2.83. The van der Waals surface area contributed by atoms with Crippen LogP contribution >= 0.6 is 0 Å². The van der Waals surface area contributed by atoms with Crippen molar-refractivity contribution >= 4 is 28.4 Å². The number of rotatable bonds is 2. The van der Waals surface area contributed by atoms with E-state index in [0.29, 0.717) is 5.95 Å². The van der Waals surface area contributed by atoms with E-state index >= 15 is 0 Å². The second kappa shape index (κ2) is 5.85. The number of nitrogen functional groups attached to an aromatic ring is 1. The van der Waals surface area contributed by atoms with Crippen molar-refractivity contribution in [3.63, 3.8) is 0 Å². The number of para-hydroxylation sites is 2. The van der Waals surface area contributed by atoms with Gasteiger partial charge in [0.2, 0.25) is 5.95 Å². The van der Waals surface area contributed by atoms with Gasteiger partial charge in [0.25, 0.3) is 0 Å². The van der Waals surface area contributed by atoms with E-state index in [4.69, 9.17) is 5.84 Å². The highest BCUT2D eigenvalue weighted by Gasteiger charge is 2.20. The Labute approximate surface area is 135 Å². The quantitative estimate of drug-likeness (QED) is 0.561. The van der Waals surface area contributed by atoms with Crippen molar-refractivity contribution < 1.29 is 0 Å². The topological polar surface area (TPSA) is 67.1 Å². The van der Waals surface area contributed by atoms with Gasteiger partial charge in [-0.15, -0.1) is 0 Å². The predicted molar refractivity (Wildman–Crippen MR) is 93.7 cm³/mol. The molecule has 1 aliphatic rings. The summed E-state index contributed by atoms with van der Waals surface area (Å²) in [6, 6.07) is 16.6. The zero-order valence-electron chi connectivity index (χ0n) is 12.9. The molecule has 2 heterocycles. The van der Waals surface area contributed by atoms with Crippen molar-refractivity contribution in [2.75, 3.05) is 16.9 Å². The maximum Gasteiger partial charge on any atom is 0.239 e. The van der Waals surface area contributed by atoms with E-state index in [2.05, 4.69) is 50.6 Å². The Hall–Kier alpha value is -2.66. The van der Waals surface area contributed by atoms with Gasteiger partial charge in [0.15, 0.2) is 0 Å². The number of benzene rings is 2. The maximum absolute atomic E-state index is 5.57. The summed E-state index contributed by atoms with van der Waals surface area (Å²) in [6.07, 6.45) is 3.44. The van der Waals surface area contributed by atoms with E-state index in [1.165, 1.54) is 17.7 Å². The predicted octanol–water partition coefficient (Wildman–Crippen LogP) is 3.39. The Morgan fingerprint density at radius 3 is 2.70 bits per heavy atom. The van der Waals surface area contributed by atoms with Crippen molar-refractivity contribution in [3.8, 4) is 0 Å². The van der Waals surface area contributed by atoms with E-state index in [1.54, 1.807) is 0 Å². The highest BCUT2D eigenvalue weighted by Crippen LogP contribution is 2.35. The number of nitrogens with two attached hydrogens (primary N) is 1. The maximum atomic E-state index is 5.57. The molecule has 0 unspecified atom stereocenters. The van der Waals surface area contributed by atoms with Crippen molar-refractivity contribution in [1.82, 2.24) is 9.97 Å². The van der Waals surface area contributed by atoms with Gasteiger partial charge in [0.05, 0.1) is 5.52 Å². The number of aryl methyl sites for hydroxylation is 1. The molecule has 4 rings (SSSR count). The lowest BCUT2D eigenvalue weighted by Crippen LogP contribution is -2.21. The van der Waals surface area contributed by atoms with Gasteiger partial charge in [-0.25, -0.2) is 10.8 Å². The number of aromatic nitrogens is 2. The molecule has 3 N–H and O–H groups in total. The second-order valence-corrected chi connectivity index (χ2v) is 5.77. The third-order valence-corrected chi connectivity index (χ3v) is 4.33. The van der Waals surface area contributed by atoms with E-state index in [9.17, 15) is 0 Å². The number of hydrogen-bond acceptors (Lipinski definition) is 5. The fraction of sp³-hybridized carbons (Fsp3) is 0.222. The summed E-state index contributed by atoms with van der Waals surface area (Å²) in [5.74, 6) is 6.93. The van der Waals surface area contributed by atoms with Crippen LogP contribution in [0.2, 0.25) is 0 Å². The number of anilines is 3. The van der Waals surface area contributed by atoms with Gasteiger partial charge in [-0.1, -0.05) is 30.3 Å². The molecule has 0 saturated heterocycles. The molecule has 0 radical (unpaired) electrons. The fourth-order valence-electron chi connectivity index (χ4n) is 3.24. The van der Waals surface area contributed by atoms with Gasteiger partial charge in [-0.05, 0) is 43.0 Å². The molecule has 2 aromatic carbocycles. The van der Waals surface area contributed by atoms with Crippen LogP contribution in [-0.2, 0) is 6.42 Å². The van der Waals surface area contributed by atoms with Crippen LogP contribution in [0.15, 0.2) is 48.5 Å². The number of fused-ring (bicyclic) bond motifs is 2. The lowest BCUT2D eigenvalue weighted by molar-refractivity contribution is 0.758. The summed E-state index contributed by atoms with van der Waals surface area (Å²) in [5, 5.41) is 1.04. The van der Waals surface area contributed by atoms with Crippen molar-refractivity contribution in [1.29, 1.82) is 0 Å². The number of nitrogens with zero attached hydrogens (tertiary/aromatic N) is 3. The highest BCUT2D eigenvalue weighted by molar-refractivity contribution is 5.92. The Bertz CT molecular complexity index is 846. The molecule has 0 aliphatic carbocycles. The molecule has 0 atom stereocenters. The molecule has 3 aromatic rings. The van der Waals surface area contributed by atoms with E-state index in [0.717, 1.165) is 36.1 Å². The smallest absolute Gasteiger partial charge is 0.239 e. The van der Waals surface area contributed by atoms with Crippen molar-refractivity contribution in [2.24, 2.45) is 5.84 Å². The first-order chi connectivity index (χ1) is 11.4. The molecule has 5 heteroatoms. The molecule has 1 aromatic heterocycles. The van der Waals surface area contributed by atoms with Gasteiger partial charge in [0.1, 0.15) is 5.82 Å². The minimum absolute atomic E-state index is 0.445. The molecule has 23 heavy (non-hydrogen) atoms. The Morgan fingerprint density at radius 1 is 0.957 bits per heavy atom. The zero-order chi connectivity index (χ0) is 15.6. The Morgan fingerprint density at radius 2 is 1.78 bits per heavy atom. The summed E-state index contributed by atoms with van der Waals surface area (Å²) >= 11 is 0. The monoisotopic (exact) mass is 305 g/mol. The van der Waals surface area contributed by atoms with Crippen LogP contribution in [0.5, 0.6) is 0 Å². The minimum atomic E-state index is 0.445. The Kier molecular flexibility index (Phi) is 3.55. The molecular weight excluding hydrogens is 286 g/mol. The Balaban J connectivity index is 1.95. The standard InChI is InChI=1S/C18H19N5/c19-22-18-20-15-10-3-2-9-14(15)17(21-18)23-12-6-5-8-13-7-1-4-11-16(13)23/h1-4,7,9-11H,5-6,8,12,19H2,(H,20,21,22). The minimum Gasteiger partial charge on any atom is -0.325 e. The van der Waals surface area contributed by atoms with Gasteiger partial charge in [-0.3, -0.25) is 5.43 Å². The van der Waals surface area contributed by atoms with Crippen LogP contribution < -0.4 is 16.2 Å². The molecule has 116 valence electrons. The van der Waals surface area contributed by atoms with Crippen LogP contribution in [-0.4, -0.2) is 16.5 Å². The van der Waals surface area contributed by atoms with Crippen LogP contribution in [0.1, 0.15) is 18.4 Å². The van der Waals surface area contributed by atoms with Crippen LogP contribution in [0.25, 0.3) is 10.9 Å². The third-order valence-electron chi connectivity index (χ3n) is 4.33. The average molecular weight is 305 g/mol. The van der Waals surface area contributed by atoms with Gasteiger partial charge in [0, 0.05) is 17.6 Å². The van der Waals surface area contributed by atoms with Gasteiger partial charge < -0.3 is 4.90 Å². The molecular formula is C18H19N5. The summed E-state index contributed by atoms with van der Waals surface area (Å²) in [5.41, 5.74) is 6.09. The molecule has 0 saturated carbocycles. The first-order valence-corrected chi connectivity index (χ1v) is 7.95. The first-order valence-electron chi connectivity index (χ1n) is 7.95. The van der Waals surface area contributed by atoms with E-state index in [1.807, 2.05) is 18.2 Å². The number of hydrazine groups is 1. The summed E-state index contributed by atoms with van der Waals surface area (Å²) in [7, 11) is 0. The summed E-state index contributed by atoms with van der Waals surface area (Å²) in [4.78, 5) is 11.4. The van der Waals surface area contributed by atoms with E-state index in [-0.39, 0.29) is 0 Å². The van der Waals surface area contributed by atoms with Crippen LogP contribution in [0.3, 0.4) is 0 Å². The van der Waals surface area contributed by atoms with Gasteiger partial charge >= 0.3 is 0 Å². The number of hydrogen-bond donors (Lipinski definition) is 2. The van der Waals surface area contributed by atoms with Crippen LogP contribution in [0, 0.1) is 0 Å².